The molecule has 1 aromatic rings. The minimum Gasteiger partial charge on any atom is -0.497 e. The SMILES string of the molecule is CCOC(=O)N[C@@H]1CCCN(C(=O)Cc2ccc(OC)cc2)C1. The monoisotopic (exact) mass is 320 g/mol. The van der Waals surface area contributed by atoms with Crippen LogP contribution in [0.3, 0.4) is 0 Å². The molecular formula is C17H24N2O4. The van der Waals surface area contributed by atoms with E-state index in [1.807, 2.05) is 29.2 Å². The highest BCUT2D eigenvalue weighted by atomic mass is 16.5. The summed E-state index contributed by atoms with van der Waals surface area (Å²) in [6.07, 6.45) is 1.69. The minimum atomic E-state index is -0.415. The maximum Gasteiger partial charge on any atom is 0.407 e. The number of carbonyl (C=O) groups is 2. The number of rotatable bonds is 5. The Morgan fingerprint density at radius 2 is 2.04 bits per heavy atom. The Morgan fingerprint density at radius 1 is 1.30 bits per heavy atom. The summed E-state index contributed by atoms with van der Waals surface area (Å²) >= 11 is 0. The number of methoxy groups -OCH3 is 1. The van der Waals surface area contributed by atoms with Crippen LogP contribution < -0.4 is 10.1 Å². The largest absolute Gasteiger partial charge is 0.497 e. The van der Waals surface area contributed by atoms with Gasteiger partial charge in [0.05, 0.1) is 20.1 Å². The molecule has 0 aliphatic carbocycles. The van der Waals surface area contributed by atoms with Crippen molar-refractivity contribution in [3.63, 3.8) is 0 Å². The van der Waals surface area contributed by atoms with Gasteiger partial charge in [-0.1, -0.05) is 12.1 Å². The highest BCUT2D eigenvalue weighted by Crippen LogP contribution is 2.15. The molecule has 0 bridgehead atoms. The number of piperidine rings is 1. The van der Waals surface area contributed by atoms with E-state index < -0.39 is 6.09 Å². The van der Waals surface area contributed by atoms with E-state index in [0.717, 1.165) is 30.7 Å². The fraction of sp³-hybridized carbons (Fsp3) is 0.529. The molecular weight excluding hydrogens is 296 g/mol. The summed E-state index contributed by atoms with van der Waals surface area (Å²) in [5, 5.41) is 2.81. The van der Waals surface area contributed by atoms with E-state index in [0.29, 0.717) is 19.6 Å². The van der Waals surface area contributed by atoms with E-state index in [1.54, 1.807) is 14.0 Å². The molecule has 1 heterocycles. The van der Waals surface area contributed by atoms with Gasteiger partial charge in [-0.15, -0.1) is 0 Å². The fourth-order valence-electron chi connectivity index (χ4n) is 2.69. The maximum absolute atomic E-state index is 12.4. The smallest absolute Gasteiger partial charge is 0.407 e. The van der Waals surface area contributed by atoms with Crippen LogP contribution in [-0.2, 0) is 16.0 Å². The lowest BCUT2D eigenvalue weighted by Crippen LogP contribution is -2.50. The van der Waals surface area contributed by atoms with Gasteiger partial charge in [0, 0.05) is 19.1 Å². The van der Waals surface area contributed by atoms with Crippen molar-refractivity contribution in [3.8, 4) is 5.75 Å². The van der Waals surface area contributed by atoms with Crippen molar-refractivity contribution in [1.29, 1.82) is 0 Å². The van der Waals surface area contributed by atoms with Gasteiger partial charge in [0.2, 0.25) is 5.91 Å². The summed E-state index contributed by atoms with van der Waals surface area (Å²) < 4.78 is 10.0. The van der Waals surface area contributed by atoms with Gasteiger partial charge in [-0.25, -0.2) is 4.79 Å². The summed E-state index contributed by atoms with van der Waals surface area (Å²) in [5.41, 5.74) is 0.955. The van der Waals surface area contributed by atoms with Gasteiger partial charge in [0.25, 0.3) is 0 Å². The first-order chi connectivity index (χ1) is 11.1. The third-order valence-electron chi connectivity index (χ3n) is 3.89. The Morgan fingerprint density at radius 3 is 2.70 bits per heavy atom. The Hall–Kier alpha value is -2.24. The molecule has 0 unspecified atom stereocenters. The molecule has 126 valence electrons. The number of nitrogens with one attached hydrogen (secondary N) is 1. The maximum atomic E-state index is 12.4. The topological polar surface area (TPSA) is 67.9 Å². The number of ether oxygens (including phenoxy) is 2. The minimum absolute atomic E-state index is 0.0392. The Kier molecular flexibility index (Phi) is 6.26. The van der Waals surface area contributed by atoms with E-state index in [1.165, 1.54) is 0 Å². The summed E-state index contributed by atoms with van der Waals surface area (Å²) in [7, 11) is 1.62. The van der Waals surface area contributed by atoms with Crippen LogP contribution in [0.25, 0.3) is 0 Å². The van der Waals surface area contributed by atoms with Gasteiger partial charge in [0.15, 0.2) is 0 Å². The summed E-state index contributed by atoms with van der Waals surface area (Å²) in [4.78, 5) is 25.7. The van der Waals surface area contributed by atoms with Crippen molar-refractivity contribution in [2.24, 2.45) is 0 Å². The molecule has 0 aromatic heterocycles. The van der Waals surface area contributed by atoms with E-state index in [-0.39, 0.29) is 11.9 Å². The quantitative estimate of drug-likeness (QED) is 0.901. The number of alkyl carbamates (subject to hydrolysis) is 1. The van der Waals surface area contributed by atoms with Crippen LogP contribution in [0, 0.1) is 0 Å². The van der Waals surface area contributed by atoms with E-state index in [2.05, 4.69) is 5.32 Å². The zero-order valence-corrected chi connectivity index (χ0v) is 13.7. The molecule has 0 saturated carbocycles. The molecule has 0 spiro atoms. The molecule has 2 amide bonds. The van der Waals surface area contributed by atoms with Gasteiger partial charge in [-0.05, 0) is 37.5 Å². The molecule has 1 aliphatic rings. The van der Waals surface area contributed by atoms with Crippen LogP contribution in [0.4, 0.5) is 4.79 Å². The van der Waals surface area contributed by atoms with Crippen LogP contribution in [0.1, 0.15) is 25.3 Å². The Bertz CT molecular complexity index is 530. The highest BCUT2D eigenvalue weighted by Gasteiger charge is 2.25. The molecule has 23 heavy (non-hydrogen) atoms. The van der Waals surface area contributed by atoms with Gasteiger partial charge < -0.3 is 19.7 Å². The van der Waals surface area contributed by atoms with Crippen LogP contribution in [-0.4, -0.2) is 49.7 Å². The van der Waals surface area contributed by atoms with Crippen LogP contribution in [0.15, 0.2) is 24.3 Å². The molecule has 1 N–H and O–H groups in total. The van der Waals surface area contributed by atoms with Crippen molar-refractivity contribution in [2.75, 3.05) is 26.8 Å². The molecule has 0 radical (unpaired) electrons. The molecule has 1 aliphatic heterocycles. The third kappa shape index (κ3) is 5.16. The predicted octanol–water partition coefficient (Wildman–Crippen LogP) is 1.97. The van der Waals surface area contributed by atoms with Crippen LogP contribution in [0.2, 0.25) is 0 Å². The average molecular weight is 320 g/mol. The van der Waals surface area contributed by atoms with E-state index in [4.69, 9.17) is 9.47 Å². The molecule has 6 nitrogen and oxygen atoms in total. The van der Waals surface area contributed by atoms with Crippen molar-refractivity contribution in [1.82, 2.24) is 10.2 Å². The number of benzene rings is 1. The first-order valence-corrected chi connectivity index (χ1v) is 7.96. The first-order valence-electron chi connectivity index (χ1n) is 7.96. The second-order valence-corrected chi connectivity index (χ2v) is 5.57. The standard InChI is InChI=1S/C17H24N2O4/c1-3-23-17(21)18-14-5-4-10-19(12-14)16(20)11-13-6-8-15(22-2)9-7-13/h6-9,14H,3-5,10-12H2,1-2H3,(H,18,21)/t14-/m1/s1. The predicted molar refractivity (Wildman–Crippen MR) is 86.5 cm³/mol. The second-order valence-electron chi connectivity index (χ2n) is 5.57. The van der Waals surface area contributed by atoms with Crippen molar-refractivity contribution in [2.45, 2.75) is 32.2 Å². The Balaban J connectivity index is 1.87. The fourth-order valence-corrected chi connectivity index (χ4v) is 2.69. The second kappa shape index (κ2) is 8.41. The third-order valence-corrected chi connectivity index (χ3v) is 3.89. The van der Waals surface area contributed by atoms with Crippen molar-refractivity contribution >= 4 is 12.0 Å². The number of nitrogens with zero attached hydrogens (tertiary/aromatic N) is 1. The molecule has 1 fully saturated rings. The van der Waals surface area contributed by atoms with Gasteiger partial charge in [-0.2, -0.15) is 0 Å². The lowest BCUT2D eigenvalue weighted by atomic mass is 10.0. The lowest BCUT2D eigenvalue weighted by molar-refractivity contribution is -0.131. The first kappa shape index (κ1) is 17.1. The average Bonchev–Trinajstić information content (AvgIpc) is 2.56. The van der Waals surface area contributed by atoms with Crippen LogP contribution >= 0.6 is 0 Å². The van der Waals surface area contributed by atoms with Gasteiger partial charge >= 0.3 is 6.09 Å². The zero-order valence-electron chi connectivity index (χ0n) is 13.7. The molecule has 1 atom stereocenters. The van der Waals surface area contributed by atoms with E-state index in [9.17, 15) is 9.59 Å². The van der Waals surface area contributed by atoms with E-state index >= 15 is 0 Å². The summed E-state index contributed by atoms with van der Waals surface area (Å²) in [6, 6.07) is 7.46. The summed E-state index contributed by atoms with van der Waals surface area (Å²) in [5.74, 6) is 0.850. The number of likely N-dealkylation sites (tertiary alicyclic amines) is 1. The molecule has 1 aromatic carbocycles. The van der Waals surface area contributed by atoms with Crippen molar-refractivity contribution in [3.05, 3.63) is 29.8 Å². The van der Waals surface area contributed by atoms with Crippen LogP contribution in [0.5, 0.6) is 5.75 Å². The number of carbonyl (C=O) groups excluding carboxylic acids is 2. The number of amides is 2. The van der Waals surface area contributed by atoms with Gasteiger partial charge in [0.1, 0.15) is 5.75 Å². The Labute approximate surface area is 136 Å². The highest BCUT2D eigenvalue weighted by molar-refractivity contribution is 5.79. The molecule has 1 saturated heterocycles. The normalized spacial score (nSPS) is 17.5. The number of hydrogen-bond donors (Lipinski definition) is 1. The zero-order chi connectivity index (χ0) is 16.7. The summed E-state index contributed by atoms with van der Waals surface area (Å²) in [6.45, 7) is 3.38. The van der Waals surface area contributed by atoms with Crippen molar-refractivity contribution < 1.29 is 19.1 Å². The number of hydrogen-bond acceptors (Lipinski definition) is 4. The molecule has 6 heteroatoms. The van der Waals surface area contributed by atoms with Gasteiger partial charge in [-0.3, -0.25) is 4.79 Å². The lowest BCUT2D eigenvalue weighted by Gasteiger charge is -2.33. The molecule has 2 rings (SSSR count).